The highest BCUT2D eigenvalue weighted by molar-refractivity contribution is 14.0. The van der Waals surface area contributed by atoms with Crippen LogP contribution in [0.25, 0.3) is 0 Å². The average molecular weight is 492 g/mol. The lowest BCUT2D eigenvalue weighted by molar-refractivity contribution is -0.121. The fourth-order valence-corrected chi connectivity index (χ4v) is 4.47. The van der Waals surface area contributed by atoms with Gasteiger partial charge in [-0.1, -0.05) is 25.3 Å². The second-order valence-corrected chi connectivity index (χ2v) is 8.09. The molecule has 3 N–H and O–H groups in total. The number of thiophene rings is 1. The van der Waals surface area contributed by atoms with E-state index in [-0.39, 0.29) is 41.3 Å². The summed E-state index contributed by atoms with van der Waals surface area (Å²) < 4.78 is 0. The normalized spacial score (nSPS) is 16.7. The number of nitrogens with zero attached hydrogens (tertiary/aromatic N) is 1. The number of halogens is 1. The Kier molecular flexibility index (Phi) is 10.5. The molecule has 148 valence electrons. The summed E-state index contributed by atoms with van der Waals surface area (Å²) in [6.07, 6.45) is 6.84. The Morgan fingerprint density at radius 2 is 2.00 bits per heavy atom. The highest BCUT2D eigenvalue weighted by Gasteiger charge is 2.34. The van der Waals surface area contributed by atoms with E-state index in [4.69, 9.17) is 0 Å². The summed E-state index contributed by atoms with van der Waals surface area (Å²) in [5.41, 5.74) is 0.221. The molecule has 1 aliphatic carbocycles. The molecule has 1 aliphatic rings. The monoisotopic (exact) mass is 492 g/mol. The van der Waals surface area contributed by atoms with Crippen molar-refractivity contribution >= 4 is 47.2 Å². The molecule has 0 spiro atoms. The zero-order valence-electron chi connectivity index (χ0n) is 16.1. The summed E-state index contributed by atoms with van der Waals surface area (Å²) in [5, 5.41) is 11.8. The zero-order chi connectivity index (χ0) is 18.1. The highest BCUT2D eigenvalue weighted by atomic mass is 127. The van der Waals surface area contributed by atoms with Gasteiger partial charge in [-0.2, -0.15) is 0 Å². The van der Waals surface area contributed by atoms with Crippen molar-refractivity contribution in [3.8, 4) is 0 Å². The minimum atomic E-state index is 0. The molecule has 0 aromatic carbocycles. The van der Waals surface area contributed by atoms with Gasteiger partial charge in [0.15, 0.2) is 5.96 Å². The van der Waals surface area contributed by atoms with Gasteiger partial charge in [0, 0.05) is 42.9 Å². The van der Waals surface area contributed by atoms with Crippen molar-refractivity contribution < 1.29 is 4.79 Å². The van der Waals surface area contributed by atoms with Crippen molar-refractivity contribution in [3.05, 3.63) is 22.4 Å². The summed E-state index contributed by atoms with van der Waals surface area (Å²) in [7, 11) is 1.78. The number of nitrogens with one attached hydrogen (secondary N) is 3. The third-order valence-corrected chi connectivity index (χ3v) is 5.88. The predicted octanol–water partition coefficient (Wildman–Crippen LogP) is 3.65. The Morgan fingerprint density at radius 1 is 1.27 bits per heavy atom. The van der Waals surface area contributed by atoms with Gasteiger partial charge in [0.2, 0.25) is 5.91 Å². The lowest BCUT2D eigenvalue weighted by Crippen LogP contribution is -2.47. The molecule has 26 heavy (non-hydrogen) atoms. The Balaban J connectivity index is 0.00000338. The van der Waals surface area contributed by atoms with Crippen LogP contribution in [0.2, 0.25) is 0 Å². The maximum atomic E-state index is 11.7. The lowest BCUT2D eigenvalue weighted by atomic mass is 9.73. The summed E-state index contributed by atoms with van der Waals surface area (Å²) >= 11 is 1.86. The van der Waals surface area contributed by atoms with Crippen LogP contribution in [0.4, 0.5) is 0 Å². The second kappa shape index (κ2) is 11.8. The molecule has 1 fully saturated rings. The van der Waals surface area contributed by atoms with Gasteiger partial charge in [-0.15, -0.1) is 35.3 Å². The topological polar surface area (TPSA) is 65.5 Å². The second-order valence-electron chi connectivity index (χ2n) is 7.14. The van der Waals surface area contributed by atoms with Gasteiger partial charge in [0.1, 0.15) is 0 Å². The van der Waals surface area contributed by atoms with Gasteiger partial charge in [-0.25, -0.2) is 0 Å². The van der Waals surface area contributed by atoms with E-state index < -0.39 is 0 Å². The van der Waals surface area contributed by atoms with Crippen LogP contribution in [0.15, 0.2) is 22.5 Å². The number of hydrogen-bond acceptors (Lipinski definition) is 3. The van der Waals surface area contributed by atoms with Crippen LogP contribution in [-0.4, -0.2) is 38.0 Å². The molecular formula is C19H33IN4OS. The van der Waals surface area contributed by atoms with Gasteiger partial charge >= 0.3 is 0 Å². The molecule has 0 radical (unpaired) electrons. The standard InChI is InChI=1S/C19H32N4OS.HI/c1-15(2)23-17(24)9-12-21-18(20-3)22-14-19(10-5-4-6-11-19)16-8-7-13-25-16;/h7-8,13,15H,4-6,9-12,14H2,1-3H3,(H,23,24)(H2,20,21,22);1H. The van der Waals surface area contributed by atoms with E-state index in [1.807, 2.05) is 25.2 Å². The predicted molar refractivity (Wildman–Crippen MR) is 122 cm³/mol. The van der Waals surface area contributed by atoms with Gasteiger partial charge in [0.05, 0.1) is 0 Å². The van der Waals surface area contributed by atoms with Gasteiger partial charge in [0.25, 0.3) is 0 Å². The molecule has 1 saturated carbocycles. The van der Waals surface area contributed by atoms with Crippen molar-refractivity contribution in [1.29, 1.82) is 0 Å². The van der Waals surface area contributed by atoms with Crippen molar-refractivity contribution in [2.75, 3.05) is 20.1 Å². The Bertz CT molecular complexity index is 554. The van der Waals surface area contributed by atoms with Crippen molar-refractivity contribution in [2.45, 2.75) is 63.8 Å². The van der Waals surface area contributed by atoms with Gasteiger partial charge in [-0.05, 0) is 38.1 Å². The minimum absolute atomic E-state index is 0. The van der Waals surface area contributed by atoms with Crippen molar-refractivity contribution in [2.24, 2.45) is 4.99 Å². The van der Waals surface area contributed by atoms with Crippen LogP contribution in [-0.2, 0) is 10.2 Å². The van der Waals surface area contributed by atoms with Crippen LogP contribution >= 0.6 is 35.3 Å². The smallest absolute Gasteiger partial charge is 0.221 e. The Morgan fingerprint density at radius 3 is 2.58 bits per heavy atom. The van der Waals surface area contributed by atoms with E-state index in [2.05, 4.69) is 38.5 Å². The van der Waals surface area contributed by atoms with E-state index in [1.165, 1.54) is 37.0 Å². The number of carbonyl (C=O) groups is 1. The maximum absolute atomic E-state index is 11.7. The number of hydrogen-bond donors (Lipinski definition) is 3. The zero-order valence-corrected chi connectivity index (χ0v) is 19.3. The summed E-state index contributed by atoms with van der Waals surface area (Å²) in [4.78, 5) is 17.5. The third-order valence-electron chi connectivity index (χ3n) is 4.77. The number of amides is 1. The summed E-state index contributed by atoms with van der Waals surface area (Å²) in [5.74, 6) is 0.846. The number of aliphatic imine (C=N–C) groups is 1. The lowest BCUT2D eigenvalue weighted by Gasteiger charge is -2.37. The van der Waals surface area contributed by atoms with Gasteiger partial charge < -0.3 is 16.0 Å². The van der Waals surface area contributed by atoms with Crippen LogP contribution in [0.5, 0.6) is 0 Å². The molecule has 0 saturated heterocycles. The Labute approximate surface area is 178 Å². The van der Waals surface area contributed by atoms with Crippen molar-refractivity contribution in [1.82, 2.24) is 16.0 Å². The number of rotatable bonds is 7. The molecule has 7 heteroatoms. The van der Waals surface area contributed by atoms with Crippen LogP contribution < -0.4 is 16.0 Å². The van der Waals surface area contributed by atoms with Gasteiger partial charge in [-0.3, -0.25) is 9.79 Å². The van der Waals surface area contributed by atoms with Crippen LogP contribution in [0, 0.1) is 0 Å². The largest absolute Gasteiger partial charge is 0.356 e. The molecule has 5 nitrogen and oxygen atoms in total. The summed E-state index contributed by atoms with van der Waals surface area (Å²) in [6, 6.07) is 4.60. The molecular weight excluding hydrogens is 459 g/mol. The molecule has 1 aromatic rings. The van der Waals surface area contributed by atoms with E-state index >= 15 is 0 Å². The quantitative estimate of drug-likeness (QED) is 0.309. The first-order valence-electron chi connectivity index (χ1n) is 9.33. The SMILES string of the molecule is CN=C(NCCC(=O)NC(C)C)NCC1(c2cccs2)CCCCC1.I. The first-order chi connectivity index (χ1) is 12.1. The van der Waals surface area contributed by atoms with Crippen LogP contribution in [0.3, 0.4) is 0 Å². The van der Waals surface area contributed by atoms with E-state index in [1.54, 1.807) is 7.05 Å². The molecule has 1 amide bonds. The minimum Gasteiger partial charge on any atom is -0.356 e. The fraction of sp³-hybridized carbons (Fsp3) is 0.684. The van der Waals surface area contributed by atoms with Crippen LogP contribution in [0.1, 0.15) is 57.2 Å². The average Bonchev–Trinajstić information content (AvgIpc) is 3.13. The van der Waals surface area contributed by atoms with E-state index in [0.717, 1.165) is 12.5 Å². The van der Waals surface area contributed by atoms with E-state index in [9.17, 15) is 4.79 Å². The molecule has 0 aliphatic heterocycles. The number of guanidine groups is 1. The Hall–Kier alpha value is -0.830. The highest BCUT2D eigenvalue weighted by Crippen LogP contribution is 2.41. The molecule has 0 unspecified atom stereocenters. The van der Waals surface area contributed by atoms with Crippen molar-refractivity contribution in [3.63, 3.8) is 0 Å². The third kappa shape index (κ3) is 7.06. The molecule has 0 bridgehead atoms. The molecule has 1 heterocycles. The molecule has 1 aromatic heterocycles. The summed E-state index contributed by atoms with van der Waals surface area (Å²) in [6.45, 7) is 5.43. The first kappa shape index (κ1) is 23.2. The molecule has 0 atom stereocenters. The van der Waals surface area contributed by atoms with E-state index in [0.29, 0.717) is 13.0 Å². The fourth-order valence-electron chi connectivity index (χ4n) is 3.48. The first-order valence-corrected chi connectivity index (χ1v) is 10.2. The maximum Gasteiger partial charge on any atom is 0.221 e. The number of carbonyl (C=O) groups excluding carboxylic acids is 1. The molecule has 2 rings (SSSR count).